The number of hydrogen-bond acceptors (Lipinski definition) is 3. The molecule has 2 rings (SSSR count). The number of rotatable bonds is 4. The lowest BCUT2D eigenvalue weighted by Gasteiger charge is -2.12. The van der Waals surface area contributed by atoms with Crippen LogP contribution in [-0.2, 0) is 11.3 Å². The molecule has 0 aliphatic heterocycles. The van der Waals surface area contributed by atoms with Crippen LogP contribution in [0.1, 0.15) is 5.56 Å². The van der Waals surface area contributed by atoms with Gasteiger partial charge in [0.25, 0.3) is 0 Å². The summed E-state index contributed by atoms with van der Waals surface area (Å²) in [6.07, 6.45) is 0. The van der Waals surface area contributed by atoms with Crippen molar-refractivity contribution < 1.29 is 4.74 Å². The lowest BCUT2D eigenvalue weighted by Crippen LogP contribution is -1.98. The van der Waals surface area contributed by atoms with Crippen LogP contribution in [0, 0.1) is 0 Å². The number of methoxy groups -OCH3 is 1. The van der Waals surface area contributed by atoms with E-state index in [-0.39, 0.29) is 0 Å². The Bertz CT molecular complexity index is 523. The van der Waals surface area contributed by atoms with Crippen LogP contribution < -0.4 is 11.1 Å². The van der Waals surface area contributed by atoms with Gasteiger partial charge in [-0.3, -0.25) is 0 Å². The molecule has 0 saturated heterocycles. The van der Waals surface area contributed by atoms with E-state index in [1.165, 1.54) is 0 Å². The molecule has 0 spiro atoms. The molecule has 0 aromatic heterocycles. The van der Waals surface area contributed by atoms with Gasteiger partial charge in [0.15, 0.2) is 0 Å². The summed E-state index contributed by atoms with van der Waals surface area (Å²) in [6.45, 7) is 0.577. The van der Waals surface area contributed by atoms with Crippen LogP contribution in [0.5, 0.6) is 0 Å². The zero-order chi connectivity index (χ0) is 13.0. The second kappa shape index (κ2) is 5.76. The normalized spacial score (nSPS) is 10.3. The van der Waals surface area contributed by atoms with Gasteiger partial charge in [0.2, 0.25) is 0 Å². The first-order valence-electron chi connectivity index (χ1n) is 5.59. The fourth-order valence-corrected chi connectivity index (χ4v) is 1.95. The Balaban J connectivity index is 2.26. The largest absolute Gasteiger partial charge is 0.397 e. The predicted octanol–water partition coefficient (Wildman–Crippen LogP) is 3.81. The van der Waals surface area contributed by atoms with E-state index in [9.17, 15) is 0 Å². The van der Waals surface area contributed by atoms with Crippen molar-refractivity contribution in [3.63, 3.8) is 0 Å². The summed E-state index contributed by atoms with van der Waals surface area (Å²) in [5, 5.41) is 3.83. The Hall–Kier alpha value is -1.71. The molecule has 2 aromatic carbocycles. The van der Waals surface area contributed by atoms with Gasteiger partial charge >= 0.3 is 0 Å². The highest BCUT2D eigenvalue weighted by Crippen LogP contribution is 2.31. The van der Waals surface area contributed by atoms with Gasteiger partial charge in [-0.05, 0) is 29.8 Å². The highest BCUT2D eigenvalue weighted by atomic mass is 35.5. The fraction of sp³-hybridized carbons (Fsp3) is 0.143. The lowest BCUT2D eigenvalue weighted by molar-refractivity contribution is 0.185. The van der Waals surface area contributed by atoms with Crippen LogP contribution in [0.4, 0.5) is 17.1 Å². The van der Waals surface area contributed by atoms with Crippen molar-refractivity contribution >= 4 is 28.7 Å². The van der Waals surface area contributed by atoms with Gasteiger partial charge in [0.05, 0.1) is 23.0 Å². The molecule has 2 aromatic rings. The Morgan fingerprint density at radius 2 is 2.00 bits per heavy atom. The first-order valence-corrected chi connectivity index (χ1v) is 5.97. The minimum atomic E-state index is 0.577. The van der Waals surface area contributed by atoms with E-state index in [4.69, 9.17) is 22.1 Å². The van der Waals surface area contributed by atoms with Gasteiger partial charge < -0.3 is 15.8 Å². The summed E-state index contributed by atoms with van der Waals surface area (Å²) in [6, 6.07) is 13.4. The summed E-state index contributed by atoms with van der Waals surface area (Å²) < 4.78 is 5.10. The van der Waals surface area contributed by atoms with Gasteiger partial charge in [-0.25, -0.2) is 0 Å². The number of nitrogens with two attached hydrogens (primary N) is 1. The van der Waals surface area contributed by atoms with Crippen LogP contribution in [0.2, 0.25) is 5.02 Å². The summed E-state index contributed by atoms with van der Waals surface area (Å²) in [5.41, 5.74) is 9.27. The minimum absolute atomic E-state index is 0.577. The van der Waals surface area contributed by atoms with E-state index >= 15 is 0 Å². The van der Waals surface area contributed by atoms with Crippen LogP contribution in [-0.4, -0.2) is 7.11 Å². The van der Waals surface area contributed by atoms with Crippen molar-refractivity contribution in [3.8, 4) is 0 Å². The van der Waals surface area contributed by atoms with E-state index in [2.05, 4.69) is 5.32 Å². The monoisotopic (exact) mass is 262 g/mol. The molecule has 0 aliphatic rings. The first-order chi connectivity index (χ1) is 8.70. The third-order valence-electron chi connectivity index (χ3n) is 2.55. The summed E-state index contributed by atoms with van der Waals surface area (Å²) >= 11 is 6.11. The third-order valence-corrected chi connectivity index (χ3v) is 2.87. The number of nitrogen functional groups attached to an aromatic ring is 1. The maximum absolute atomic E-state index is 6.11. The minimum Gasteiger partial charge on any atom is -0.397 e. The van der Waals surface area contributed by atoms with Gasteiger partial charge in [0, 0.05) is 12.8 Å². The molecule has 0 radical (unpaired) electrons. The topological polar surface area (TPSA) is 47.3 Å². The average Bonchev–Trinajstić information content (AvgIpc) is 2.35. The van der Waals surface area contributed by atoms with E-state index < -0.39 is 0 Å². The van der Waals surface area contributed by atoms with Crippen LogP contribution in [0.3, 0.4) is 0 Å². The maximum atomic E-state index is 6.11. The van der Waals surface area contributed by atoms with E-state index in [0.717, 1.165) is 16.9 Å². The molecular formula is C14H15ClN2O. The van der Waals surface area contributed by atoms with Crippen molar-refractivity contribution in [3.05, 3.63) is 53.1 Å². The molecule has 18 heavy (non-hydrogen) atoms. The summed E-state index contributed by atoms with van der Waals surface area (Å²) in [4.78, 5) is 0. The molecule has 3 nitrogen and oxygen atoms in total. The maximum Gasteiger partial charge on any atom is 0.0807 e. The Morgan fingerprint density at radius 3 is 2.72 bits per heavy atom. The third kappa shape index (κ3) is 2.94. The van der Waals surface area contributed by atoms with E-state index in [1.807, 2.05) is 36.4 Å². The molecule has 0 fully saturated rings. The number of para-hydroxylation sites is 1. The zero-order valence-corrected chi connectivity index (χ0v) is 10.9. The molecule has 0 amide bonds. The number of nitrogens with one attached hydrogen (secondary N) is 1. The Kier molecular flexibility index (Phi) is 4.07. The molecule has 0 unspecified atom stereocenters. The van der Waals surface area contributed by atoms with Crippen molar-refractivity contribution in [2.75, 3.05) is 18.2 Å². The first kappa shape index (κ1) is 12.7. The van der Waals surface area contributed by atoms with E-state index in [1.54, 1.807) is 13.2 Å². The van der Waals surface area contributed by atoms with Crippen LogP contribution in [0.15, 0.2) is 42.5 Å². The molecule has 0 saturated carbocycles. The molecule has 0 heterocycles. The number of ether oxygens (including phenoxy) is 1. The number of hydrogen-bond donors (Lipinski definition) is 2. The number of benzene rings is 2. The number of anilines is 3. The lowest BCUT2D eigenvalue weighted by atomic mass is 10.2. The highest BCUT2D eigenvalue weighted by Gasteiger charge is 2.04. The van der Waals surface area contributed by atoms with Gasteiger partial charge in [0.1, 0.15) is 0 Å². The standard InChI is InChI=1S/C14H15ClN2O/c1-18-9-10-4-2-5-11(8-10)17-14-12(15)6-3-7-13(14)16/h2-8,17H,9,16H2,1H3. The molecule has 0 aliphatic carbocycles. The zero-order valence-electron chi connectivity index (χ0n) is 10.1. The van der Waals surface area contributed by atoms with Crippen molar-refractivity contribution in [2.24, 2.45) is 0 Å². The van der Waals surface area contributed by atoms with Crippen molar-refractivity contribution in [1.29, 1.82) is 0 Å². The average molecular weight is 263 g/mol. The molecular weight excluding hydrogens is 248 g/mol. The predicted molar refractivity (Wildman–Crippen MR) is 76.3 cm³/mol. The van der Waals surface area contributed by atoms with Crippen molar-refractivity contribution in [1.82, 2.24) is 0 Å². The second-order valence-corrected chi connectivity index (χ2v) is 4.37. The summed E-state index contributed by atoms with van der Waals surface area (Å²) in [7, 11) is 1.67. The molecule has 3 N–H and O–H groups in total. The quantitative estimate of drug-likeness (QED) is 0.824. The molecule has 0 atom stereocenters. The SMILES string of the molecule is COCc1cccc(Nc2c(N)cccc2Cl)c1. The molecule has 94 valence electrons. The second-order valence-electron chi connectivity index (χ2n) is 3.96. The number of halogens is 1. The van der Waals surface area contributed by atoms with E-state index in [0.29, 0.717) is 17.3 Å². The van der Waals surface area contributed by atoms with Gasteiger partial charge in [-0.15, -0.1) is 0 Å². The molecule has 0 bridgehead atoms. The smallest absolute Gasteiger partial charge is 0.0807 e. The van der Waals surface area contributed by atoms with Crippen LogP contribution in [0.25, 0.3) is 0 Å². The van der Waals surface area contributed by atoms with Crippen LogP contribution >= 0.6 is 11.6 Å². The van der Waals surface area contributed by atoms with Gasteiger partial charge in [-0.1, -0.05) is 29.8 Å². The Labute approximate surface area is 112 Å². The fourth-order valence-electron chi connectivity index (χ4n) is 1.72. The molecule has 4 heteroatoms. The summed E-state index contributed by atoms with van der Waals surface area (Å²) in [5.74, 6) is 0. The van der Waals surface area contributed by atoms with Gasteiger partial charge in [-0.2, -0.15) is 0 Å². The van der Waals surface area contributed by atoms with Crippen molar-refractivity contribution in [2.45, 2.75) is 6.61 Å². The highest BCUT2D eigenvalue weighted by molar-refractivity contribution is 6.34. The Morgan fingerprint density at radius 1 is 1.22 bits per heavy atom.